The Hall–Kier alpha value is -3.43. The molecule has 1 saturated heterocycles. The van der Waals surface area contributed by atoms with Crippen LogP contribution in [-0.4, -0.2) is 76.5 Å². The first-order valence-electron chi connectivity index (χ1n) is 11.1. The van der Waals surface area contributed by atoms with E-state index in [1.807, 2.05) is 24.3 Å². The molecule has 8 N–H and O–H groups in total. The number of fused-ring (bicyclic) bond motifs is 2. The minimum absolute atomic E-state index is 0.0497. The second-order valence-electron chi connectivity index (χ2n) is 8.47. The standard InChI is InChI=1S/C21H24N7O8P/c22-12(5-10-6-24-13-4-2-1-3-11(10)13)21(31)36-37(32,33)34-7-14-16(29)17(30)20(35-14)28-9-27-15-18(23)25-8-26-19(15)28/h1-4,6,8-9,12,14,16-17,20,24,29-30H,5,7,22H2,(H,32,33)(H2,23,25,26). The van der Waals surface area contributed by atoms with E-state index in [0.717, 1.165) is 16.5 Å². The van der Waals surface area contributed by atoms with E-state index in [4.69, 9.17) is 20.7 Å². The first kappa shape index (κ1) is 25.2. The first-order valence-corrected chi connectivity index (χ1v) is 12.6. The van der Waals surface area contributed by atoms with Crippen molar-refractivity contribution in [3.8, 4) is 0 Å². The molecule has 0 aliphatic carbocycles. The predicted octanol–water partition coefficient (Wildman–Crippen LogP) is -0.261. The molecule has 1 fully saturated rings. The molecule has 37 heavy (non-hydrogen) atoms. The van der Waals surface area contributed by atoms with Gasteiger partial charge in [0.2, 0.25) is 0 Å². The van der Waals surface area contributed by atoms with Crippen molar-refractivity contribution in [2.24, 2.45) is 5.73 Å². The number of imidazole rings is 1. The summed E-state index contributed by atoms with van der Waals surface area (Å²) in [5.74, 6) is -1.04. The summed E-state index contributed by atoms with van der Waals surface area (Å²) in [6.07, 6.45) is -1.15. The average Bonchev–Trinajstić information content (AvgIpc) is 3.55. The van der Waals surface area contributed by atoms with Crippen LogP contribution in [0.25, 0.3) is 22.1 Å². The largest absolute Gasteiger partial charge is 0.529 e. The van der Waals surface area contributed by atoms with Crippen molar-refractivity contribution in [3.63, 3.8) is 0 Å². The van der Waals surface area contributed by atoms with Crippen LogP contribution < -0.4 is 11.5 Å². The molecule has 4 aromatic rings. The number of anilines is 1. The molecule has 5 rings (SSSR count). The van der Waals surface area contributed by atoms with Crippen molar-refractivity contribution in [2.45, 2.75) is 37.0 Å². The maximum atomic E-state index is 12.4. The number of aliphatic hydroxyl groups excluding tert-OH is 2. The van der Waals surface area contributed by atoms with Crippen LogP contribution in [0.1, 0.15) is 11.8 Å². The lowest BCUT2D eigenvalue weighted by Crippen LogP contribution is -2.35. The lowest BCUT2D eigenvalue weighted by Gasteiger charge is -2.18. The van der Waals surface area contributed by atoms with Crippen molar-refractivity contribution < 1.29 is 38.3 Å². The number of carbonyl (C=O) groups is 1. The Bertz CT molecular complexity index is 1490. The summed E-state index contributed by atoms with van der Waals surface area (Å²) in [5, 5.41) is 21.7. The van der Waals surface area contributed by atoms with Gasteiger partial charge in [-0.25, -0.2) is 24.3 Å². The average molecular weight is 533 g/mol. The number of aliphatic hydroxyl groups is 2. The number of nitrogens with one attached hydrogen (secondary N) is 1. The van der Waals surface area contributed by atoms with Gasteiger partial charge in [-0.3, -0.25) is 14.0 Å². The zero-order valence-corrected chi connectivity index (χ0v) is 20.0. The van der Waals surface area contributed by atoms with Crippen molar-refractivity contribution >= 4 is 41.7 Å². The van der Waals surface area contributed by atoms with E-state index in [0.29, 0.717) is 0 Å². The molecular weight excluding hydrogens is 509 g/mol. The molecule has 1 aromatic carbocycles. The van der Waals surface area contributed by atoms with Crippen molar-refractivity contribution in [1.82, 2.24) is 24.5 Å². The van der Waals surface area contributed by atoms with Crippen LogP contribution in [-0.2, 0) is 29.6 Å². The highest BCUT2D eigenvalue weighted by atomic mass is 31.2. The molecule has 1 aliphatic heterocycles. The highest BCUT2D eigenvalue weighted by Crippen LogP contribution is 2.45. The molecule has 6 unspecified atom stereocenters. The number of hydrogen-bond donors (Lipinski definition) is 6. The SMILES string of the molecule is Nc1ncnc2c1ncn2C1OC(COP(=O)(O)OC(=O)C(N)Cc2c[nH]c3ccccc23)C(O)C1O. The topological polar surface area (TPSA) is 234 Å². The summed E-state index contributed by atoms with van der Waals surface area (Å²) in [6, 6.07) is 6.15. The quantitative estimate of drug-likeness (QED) is 0.160. The number of para-hydroxylation sites is 1. The normalized spacial score (nSPS) is 24.3. The first-order chi connectivity index (χ1) is 17.6. The lowest BCUT2D eigenvalue weighted by atomic mass is 10.1. The maximum absolute atomic E-state index is 12.4. The number of ether oxygens (including phenoxy) is 1. The van der Waals surface area contributed by atoms with Gasteiger partial charge in [0, 0.05) is 23.5 Å². The van der Waals surface area contributed by atoms with Crippen LogP contribution in [0.4, 0.5) is 5.82 Å². The van der Waals surface area contributed by atoms with Gasteiger partial charge in [0.15, 0.2) is 17.7 Å². The van der Waals surface area contributed by atoms with E-state index >= 15 is 0 Å². The summed E-state index contributed by atoms with van der Waals surface area (Å²) in [5.41, 5.74) is 13.8. The van der Waals surface area contributed by atoms with Crippen LogP contribution >= 0.6 is 7.82 Å². The number of carbonyl (C=O) groups excluding carboxylic acids is 1. The third-order valence-electron chi connectivity index (χ3n) is 6.02. The van der Waals surface area contributed by atoms with Gasteiger partial charge < -0.3 is 35.9 Å². The van der Waals surface area contributed by atoms with Crippen LogP contribution in [0.15, 0.2) is 43.1 Å². The Morgan fingerprint density at radius 1 is 1.24 bits per heavy atom. The van der Waals surface area contributed by atoms with E-state index in [9.17, 15) is 24.5 Å². The van der Waals surface area contributed by atoms with E-state index in [-0.39, 0.29) is 23.4 Å². The Labute approximate surface area is 208 Å². The van der Waals surface area contributed by atoms with Crippen LogP contribution in [0.2, 0.25) is 0 Å². The van der Waals surface area contributed by atoms with Crippen molar-refractivity contribution in [2.75, 3.05) is 12.3 Å². The van der Waals surface area contributed by atoms with Gasteiger partial charge in [-0.05, 0) is 11.6 Å². The van der Waals surface area contributed by atoms with Crippen LogP contribution in [0.3, 0.4) is 0 Å². The lowest BCUT2D eigenvalue weighted by molar-refractivity contribution is -0.137. The van der Waals surface area contributed by atoms with Gasteiger partial charge in [0.1, 0.15) is 36.2 Å². The van der Waals surface area contributed by atoms with Crippen LogP contribution in [0, 0.1) is 0 Å². The number of hydrogen-bond acceptors (Lipinski definition) is 12. The second-order valence-corrected chi connectivity index (χ2v) is 9.85. The van der Waals surface area contributed by atoms with E-state index in [2.05, 4.69) is 24.5 Å². The van der Waals surface area contributed by atoms with Gasteiger partial charge in [-0.1, -0.05) is 18.2 Å². The maximum Gasteiger partial charge on any atom is 0.529 e. The molecule has 0 amide bonds. The monoisotopic (exact) mass is 533 g/mol. The van der Waals surface area contributed by atoms with Crippen LogP contribution in [0.5, 0.6) is 0 Å². The molecule has 1 aliphatic rings. The molecule has 0 spiro atoms. The van der Waals surface area contributed by atoms with Crippen molar-refractivity contribution in [1.29, 1.82) is 0 Å². The number of aromatic nitrogens is 5. The molecule has 6 atom stereocenters. The molecule has 16 heteroatoms. The zero-order chi connectivity index (χ0) is 26.3. The Morgan fingerprint density at radius 3 is 2.84 bits per heavy atom. The third kappa shape index (κ3) is 4.93. The number of nitrogen functional groups attached to an aromatic ring is 1. The highest BCUT2D eigenvalue weighted by Gasteiger charge is 2.45. The number of phosphoric ester groups is 1. The molecule has 3 aromatic heterocycles. The number of rotatable bonds is 8. The van der Waals surface area contributed by atoms with Gasteiger partial charge >= 0.3 is 13.8 Å². The number of nitrogens with two attached hydrogens (primary N) is 2. The fourth-order valence-corrected chi connectivity index (χ4v) is 4.90. The highest BCUT2D eigenvalue weighted by molar-refractivity contribution is 7.48. The Morgan fingerprint density at radius 2 is 2.03 bits per heavy atom. The zero-order valence-electron chi connectivity index (χ0n) is 19.1. The molecule has 0 saturated carbocycles. The summed E-state index contributed by atoms with van der Waals surface area (Å²) in [4.78, 5) is 37.4. The summed E-state index contributed by atoms with van der Waals surface area (Å²) in [7, 11) is -4.93. The molecular formula is C21H24N7O8P. The van der Waals surface area contributed by atoms with Gasteiger partial charge in [-0.15, -0.1) is 0 Å². The van der Waals surface area contributed by atoms with E-state index < -0.39 is 51.0 Å². The van der Waals surface area contributed by atoms with E-state index in [1.165, 1.54) is 17.2 Å². The van der Waals surface area contributed by atoms with E-state index in [1.54, 1.807) is 6.20 Å². The molecule has 4 heterocycles. The smallest absolute Gasteiger partial charge is 0.387 e. The molecule has 15 nitrogen and oxygen atoms in total. The summed E-state index contributed by atoms with van der Waals surface area (Å²) >= 11 is 0. The number of nitrogens with zero attached hydrogens (tertiary/aromatic N) is 4. The predicted molar refractivity (Wildman–Crippen MR) is 128 cm³/mol. The van der Waals surface area contributed by atoms with Crippen molar-refractivity contribution in [3.05, 3.63) is 48.7 Å². The Balaban J connectivity index is 1.19. The molecule has 0 radical (unpaired) electrons. The minimum atomic E-state index is -4.93. The third-order valence-corrected chi connectivity index (χ3v) is 6.91. The van der Waals surface area contributed by atoms with Gasteiger partial charge in [0.05, 0.1) is 12.9 Å². The number of aromatic amines is 1. The molecule has 0 bridgehead atoms. The van der Waals surface area contributed by atoms with Gasteiger partial charge in [0.25, 0.3) is 0 Å². The minimum Gasteiger partial charge on any atom is -0.387 e. The number of benzene rings is 1. The summed E-state index contributed by atoms with van der Waals surface area (Å²) < 4.78 is 28.9. The second kappa shape index (κ2) is 9.79. The molecule has 196 valence electrons. The van der Waals surface area contributed by atoms with Gasteiger partial charge in [-0.2, -0.15) is 0 Å². The number of H-pyrrole nitrogens is 1. The fraction of sp³-hybridized carbons (Fsp3) is 0.333. The Kier molecular flexibility index (Phi) is 6.68. The fourth-order valence-electron chi connectivity index (χ4n) is 4.15. The summed E-state index contributed by atoms with van der Waals surface area (Å²) in [6.45, 7) is -0.683. The number of phosphoric acid groups is 1.